The van der Waals surface area contributed by atoms with Crippen LogP contribution in [0.25, 0.3) is 0 Å². The highest BCUT2D eigenvalue weighted by Crippen LogP contribution is 2.38. The number of amides is 2. The van der Waals surface area contributed by atoms with Crippen molar-refractivity contribution in [2.75, 3.05) is 19.7 Å². The summed E-state index contributed by atoms with van der Waals surface area (Å²) in [6.45, 7) is 3.93. The van der Waals surface area contributed by atoms with Crippen LogP contribution in [0.1, 0.15) is 55.8 Å². The minimum atomic E-state index is -1.02. The standard InChI is InChI=1S/C22H29F2N3O3/c1-2-30-22(29)27-16-6-7-17(27)12-18(11-16)26-9-3-4-15(13-26)25-21(28)14-5-8-19(23)20(24)10-14/h5,8,10,15-18H,2-4,6-7,9,11-13H2,1H3,(H,25,28)/t15-,16?,17?,18?/m1/s1. The summed E-state index contributed by atoms with van der Waals surface area (Å²) >= 11 is 0. The monoisotopic (exact) mass is 421 g/mol. The summed E-state index contributed by atoms with van der Waals surface area (Å²) < 4.78 is 31.8. The lowest BCUT2D eigenvalue weighted by molar-refractivity contribution is 0.0309. The van der Waals surface area contributed by atoms with Crippen LogP contribution in [0, 0.1) is 11.6 Å². The molecule has 2 amide bonds. The summed E-state index contributed by atoms with van der Waals surface area (Å²) in [6, 6.07) is 4.03. The molecule has 2 unspecified atom stereocenters. The van der Waals surface area contributed by atoms with Gasteiger partial charge in [0.2, 0.25) is 0 Å². The summed E-state index contributed by atoms with van der Waals surface area (Å²) in [5, 5.41) is 2.98. The molecule has 30 heavy (non-hydrogen) atoms. The number of likely N-dealkylation sites (tertiary alicyclic amines) is 1. The molecule has 3 atom stereocenters. The SMILES string of the molecule is CCOC(=O)N1C2CCC1CC(N1CCC[C@@H](NC(=O)c3ccc(F)c(F)c3)C1)C2. The Hall–Kier alpha value is -2.22. The zero-order chi connectivity index (χ0) is 21.3. The average Bonchev–Trinajstić information content (AvgIpc) is 3.00. The molecule has 0 radical (unpaired) electrons. The topological polar surface area (TPSA) is 61.9 Å². The molecule has 8 heteroatoms. The smallest absolute Gasteiger partial charge is 0.410 e. The van der Waals surface area contributed by atoms with E-state index in [1.165, 1.54) is 6.07 Å². The molecule has 3 fully saturated rings. The summed E-state index contributed by atoms with van der Waals surface area (Å²) in [4.78, 5) is 29.1. The maximum Gasteiger partial charge on any atom is 0.410 e. The molecule has 0 spiro atoms. The van der Waals surface area contributed by atoms with Gasteiger partial charge in [-0.05, 0) is 70.2 Å². The van der Waals surface area contributed by atoms with Crippen LogP contribution < -0.4 is 5.32 Å². The quantitative estimate of drug-likeness (QED) is 0.810. The van der Waals surface area contributed by atoms with Crippen LogP contribution in [-0.2, 0) is 4.74 Å². The lowest BCUT2D eigenvalue weighted by Crippen LogP contribution is -2.56. The van der Waals surface area contributed by atoms with Crippen molar-refractivity contribution in [1.29, 1.82) is 0 Å². The van der Waals surface area contributed by atoms with E-state index in [0.717, 1.165) is 63.7 Å². The Kier molecular flexibility index (Phi) is 6.22. The second kappa shape index (κ2) is 8.88. The molecule has 6 nitrogen and oxygen atoms in total. The highest BCUT2D eigenvalue weighted by Gasteiger charge is 2.45. The molecule has 1 aromatic carbocycles. The molecule has 0 saturated carbocycles. The number of carbonyl (C=O) groups excluding carboxylic acids is 2. The number of rotatable bonds is 4. The van der Waals surface area contributed by atoms with E-state index in [9.17, 15) is 18.4 Å². The number of nitrogens with one attached hydrogen (secondary N) is 1. The summed E-state index contributed by atoms with van der Waals surface area (Å²) in [5.74, 6) is -2.35. The minimum Gasteiger partial charge on any atom is -0.450 e. The number of piperidine rings is 2. The number of hydrogen-bond acceptors (Lipinski definition) is 4. The van der Waals surface area contributed by atoms with Gasteiger partial charge < -0.3 is 15.0 Å². The molecule has 3 aliphatic heterocycles. The molecule has 3 saturated heterocycles. The Morgan fingerprint density at radius 3 is 2.50 bits per heavy atom. The first kappa shape index (κ1) is 21.0. The van der Waals surface area contributed by atoms with Crippen molar-refractivity contribution in [3.63, 3.8) is 0 Å². The maximum absolute atomic E-state index is 13.4. The van der Waals surface area contributed by atoms with Crippen LogP contribution in [0.2, 0.25) is 0 Å². The van der Waals surface area contributed by atoms with Crippen LogP contribution in [0.3, 0.4) is 0 Å². The predicted molar refractivity (Wildman–Crippen MR) is 107 cm³/mol. The van der Waals surface area contributed by atoms with E-state index in [1.807, 2.05) is 11.8 Å². The van der Waals surface area contributed by atoms with Crippen LogP contribution in [0.5, 0.6) is 0 Å². The highest BCUT2D eigenvalue weighted by molar-refractivity contribution is 5.94. The van der Waals surface area contributed by atoms with Crippen LogP contribution in [0.4, 0.5) is 13.6 Å². The van der Waals surface area contributed by atoms with Gasteiger partial charge in [-0.3, -0.25) is 9.69 Å². The number of ether oxygens (including phenoxy) is 1. The van der Waals surface area contributed by atoms with Crippen molar-refractivity contribution in [2.45, 2.75) is 69.6 Å². The third-order valence-corrected chi connectivity index (χ3v) is 6.67. The van der Waals surface area contributed by atoms with Crippen molar-refractivity contribution in [3.05, 3.63) is 35.4 Å². The Morgan fingerprint density at radius 1 is 1.10 bits per heavy atom. The number of nitrogens with zero attached hydrogens (tertiary/aromatic N) is 2. The van der Waals surface area contributed by atoms with Gasteiger partial charge in [-0.25, -0.2) is 13.6 Å². The molecular weight excluding hydrogens is 392 g/mol. The van der Waals surface area contributed by atoms with Crippen LogP contribution in [0.15, 0.2) is 18.2 Å². The zero-order valence-corrected chi connectivity index (χ0v) is 17.3. The third kappa shape index (κ3) is 4.29. The first-order chi connectivity index (χ1) is 14.5. The van der Waals surface area contributed by atoms with Gasteiger partial charge in [0.05, 0.1) is 6.61 Å². The van der Waals surface area contributed by atoms with Crippen LogP contribution >= 0.6 is 0 Å². The van der Waals surface area contributed by atoms with Crippen LogP contribution in [-0.4, -0.2) is 65.7 Å². The second-order valence-electron chi connectivity index (χ2n) is 8.55. The Balaban J connectivity index is 1.35. The van der Waals surface area contributed by atoms with E-state index >= 15 is 0 Å². The number of fused-ring (bicyclic) bond motifs is 2. The van der Waals surface area contributed by atoms with Crippen molar-refractivity contribution in [3.8, 4) is 0 Å². The third-order valence-electron chi connectivity index (χ3n) is 6.67. The normalized spacial score (nSPS) is 29.0. The van der Waals surface area contributed by atoms with E-state index in [0.29, 0.717) is 12.6 Å². The number of halogens is 2. The summed E-state index contributed by atoms with van der Waals surface area (Å²) in [7, 11) is 0. The van der Waals surface area contributed by atoms with E-state index < -0.39 is 11.6 Å². The molecule has 1 aromatic rings. The zero-order valence-electron chi connectivity index (χ0n) is 17.3. The minimum absolute atomic E-state index is 0.0277. The predicted octanol–water partition coefficient (Wildman–Crippen LogP) is 3.31. The number of carbonyl (C=O) groups is 2. The van der Waals surface area contributed by atoms with Gasteiger partial charge in [-0.1, -0.05) is 0 Å². The fourth-order valence-corrected chi connectivity index (χ4v) is 5.30. The maximum atomic E-state index is 13.4. The van der Waals surface area contributed by atoms with E-state index in [2.05, 4.69) is 10.2 Å². The molecule has 0 aromatic heterocycles. The molecule has 0 aliphatic carbocycles. The van der Waals surface area contributed by atoms with E-state index in [4.69, 9.17) is 4.74 Å². The van der Waals surface area contributed by atoms with Gasteiger partial charge in [0, 0.05) is 36.3 Å². The molecule has 4 rings (SSSR count). The summed E-state index contributed by atoms with van der Waals surface area (Å²) in [6.07, 6.45) is 5.53. The van der Waals surface area contributed by atoms with Crippen molar-refractivity contribution in [1.82, 2.24) is 15.1 Å². The molecule has 164 valence electrons. The Labute approximate surface area is 175 Å². The van der Waals surface area contributed by atoms with Gasteiger partial charge in [-0.15, -0.1) is 0 Å². The number of benzene rings is 1. The molecule has 3 heterocycles. The van der Waals surface area contributed by atoms with Gasteiger partial charge in [0.25, 0.3) is 5.91 Å². The second-order valence-corrected chi connectivity index (χ2v) is 8.55. The van der Waals surface area contributed by atoms with E-state index in [1.54, 1.807) is 0 Å². The van der Waals surface area contributed by atoms with Crippen molar-refractivity contribution < 1.29 is 23.1 Å². The van der Waals surface area contributed by atoms with Gasteiger partial charge >= 0.3 is 6.09 Å². The Bertz CT molecular complexity index is 792. The average molecular weight is 421 g/mol. The molecule has 3 aliphatic rings. The van der Waals surface area contributed by atoms with Crippen molar-refractivity contribution in [2.24, 2.45) is 0 Å². The van der Waals surface area contributed by atoms with Crippen molar-refractivity contribution >= 4 is 12.0 Å². The molecule has 2 bridgehead atoms. The van der Waals surface area contributed by atoms with Gasteiger partial charge in [0.1, 0.15) is 0 Å². The molecule has 1 N–H and O–H groups in total. The lowest BCUT2D eigenvalue weighted by atomic mass is 9.93. The Morgan fingerprint density at radius 2 is 1.83 bits per heavy atom. The van der Waals surface area contributed by atoms with Gasteiger partial charge in [0.15, 0.2) is 11.6 Å². The van der Waals surface area contributed by atoms with E-state index in [-0.39, 0.29) is 35.7 Å². The first-order valence-corrected chi connectivity index (χ1v) is 10.9. The fraction of sp³-hybridized carbons (Fsp3) is 0.636. The number of hydrogen-bond donors (Lipinski definition) is 1. The lowest BCUT2D eigenvalue weighted by Gasteiger charge is -2.45. The highest BCUT2D eigenvalue weighted by atomic mass is 19.2. The largest absolute Gasteiger partial charge is 0.450 e. The summed E-state index contributed by atoms with van der Waals surface area (Å²) in [5.41, 5.74) is 0.131. The fourth-order valence-electron chi connectivity index (χ4n) is 5.30. The van der Waals surface area contributed by atoms with Gasteiger partial charge in [-0.2, -0.15) is 0 Å². The molecular formula is C22H29F2N3O3. The first-order valence-electron chi connectivity index (χ1n) is 10.9.